The number of nitrogens with zero attached hydrogens (tertiary/aromatic N) is 1. The van der Waals surface area contributed by atoms with Gasteiger partial charge in [-0.15, -0.1) is 0 Å². The van der Waals surface area contributed by atoms with Gasteiger partial charge in [0.2, 0.25) is 0 Å². The molecule has 1 aliphatic rings. The van der Waals surface area contributed by atoms with Gasteiger partial charge >= 0.3 is 0 Å². The summed E-state index contributed by atoms with van der Waals surface area (Å²) in [7, 11) is 0. The maximum atomic E-state index is 14.6. The predicted molar refractivity (Wildman–Crippen MR) is 115 cm³/mol. The highest BCUT2D eigenvalue weighted by molar-refractivity contribution is 6.51. The molecule has 8 heteroatoms. The zero-order valence-corrected chi connectivity index (χ0v) is 17.4. The summed E-state index contributed by atoms with van der Waals surface area (Å²) < 4.78 is 47.1. The molecule has 4 rings (SSSR count). The molecule has 1 N–H and O–H groups in total. The van der Waals surface area contributed by atoms with E-state index in [1.807, 2.05) is 0 Å². The molecule has 0 aromatic heterocycles. The standard InChI is InChI=1S/C25H18F3NO4/c1-2-33-18-5-3-4-15(12-18)23(30)21-22(14-6-8-16(26)9-7-14)29(25(32)24(21)31)20-11-10-17(27)13-19(20)28/h3-13,22,30H,2H2,1H3/b23-21+. The third kappa shape index (κ3) is 4.07. The predicted octanol–water partition coefficient (Wildman–Crippen LogP) is 5.13. The van der Waals surface area contributed by atoms with Crippen LogP contribution in [0.5, 0.6) is 5.75 Å². The van der Waals surface area contributed by atoms with Crippen molar-refractivity contribution in [2.75, 3.05) is 11.5 Å². The number of halogens is 3. The van der Waals surface area contributed by atoms with Crippen molar-refractivity contribution in [1.82, 2.24) is 0 Å². The SMILES string of the molecule is CCOc1cccc(/C(O)=C2\C(=O)C(=O)N(c3ccc(F)cc3F)C2c2ccc(F)cc2)c1. The summed E-state index contributed by atoms with van der Waals surface area (Å²) in [4.78, 5) is 26.8. The lowest BCUT2D eigenvalue weighted by Crippen LogP contribution is -2.30. The summed E-state index contributed by atoms with van der Waals surface area (Å²) in [5.41, 5.74) is -0.216. The number of carbonyl (C=O) groups is 2. The van der Waals surface area contributed by atoms with Crippen LogP contribution in [0.1, 0.15) is 24.1 Å². The van der Waals surface area contributed by atoms with Gasteiger partial charge in [-0.1, -0.05) is 24.3 Å². The van der Waals surface area contributed by atoms with Crippen molar-refractivity contribution in [1.29, 1.82) is 0 Å². The Hall–Kier alpha value is -4.07. The number of hydrogen-bond acceptors (Lipinski definition) is 4. The number of aliphatic hydroxyl groups is 1. The lowest BCUT2D eigenvalue weighted by molar-refractivity contribution is -0.132. The zero-order chi connectivity index (χ0) is 23.7. The van der Waals surface area contributed by atoms with Crippen LogP contribution >= 0.6 is 0 Å². The summed E-state index contributed by atoms with van der Waals surface area (Å²) in [6.07, 6.45) is 0. The molecular formula is C25H18F3NO4. The van der Waals surface area contributed by atoms with Crippen molar-refractivity contribution in [2.45, 2.75) is 13.0 Å². The molecule has 1 atom stereocenters. The fourth-order valence-corrected chi connectivity index (χ4v) is 3.77. The van der Waals surface area contributed by atoms with Crippen LogP contribution in [0.2, 0.25) is 0 Å². The quantitative estimate of drug-likeness (QED) is 0.331. The molecular weight excluding hydrogens is 435 g/mol. The van der Waals surface area contributed by atoms with Gasteiger partial charge in [0.25, 0.3) is 11.7 Å². The molecule has 1 fully saturated rings. The normalized spacial score (nSPS) is 17.5. The smallest absolute Gasteiger partial charge is 0.300 e. The van der Waals surface area contributed by atoms with E-state index >= 15 is 0 Å². The van der Waals surface area contributed by atoms with Gasteiger partial charge in [-0.3, -0.25) is 14.5 Å². The molecule has 1 amide bonds. The van der Waals surface area contributed by atoms with Gasteiger partial charge in [-0.05, 0) is 48.9 Å². The molecule has 0 spiro atoms. The number of benzene rings is 3. The molecule has 168 valence electrons. The number of amides is 1. The number of rotatable bonds is 5. The lowest BCUT2D eigenvalue weighted by Gasteiger charge is -2.25. The van der Waals surface area contributed by atoms with Crippen molar-refractivity contribution >= 4 is 23.1 Å². The molecule has 0 aliphatic carbocycles. The van der Waals surface area contributed by atoms with Crippen LogP contribution in [-0.2, 0) is 9.59 Å². The Morgan fingerprint density at radius 2 is 1.67 bits per heavy atom. The molecule has 33 heavy (non-hydrogen) atoms. The zero-order valence-electron chi connectivity index (χ0n) is 17.4. The van der Waals surface area contributed by atoms with Crippen LogP contribution in [0, 0.1) is 17.5 Å². The summed E-state index contributed by atoms with van der Waals surface area (Å²) in [5, 5.41) is 11.1. The third-order valence-corrected chi connectivity index (χ3v) is 5.22. The van der Waals surface area contributed by atoms with E-state index in [0.29, 0.717) is 18.4 Å². The molecule has 5 nitrogen and oxygen atoms in total. The van der Waals surface area contributed by atoms with E-state index in [9.17, 15) is 27.9 Å². The van der Waals surface area contributed by atoms with Gasteiger partial charge in [-0.2, -0.15) is 0 Å². The first-order valence-electron chi connectivity index (χ1n) is 10.1. The Labute approximate surface area is 187 Å². The number of anilines is 1. The highest BCUT2D eigenvalue weighted by Crippen LogP contribution is 2.43. The van der Waals surface area contributed by atoms with E-state index in [-0.39, 0.29) is 22.4 Å². The van der Waals surface area contributed by atoms with Gasteiger partial charge in [0, 0.05) is 11.6 Å². The molecule has 3 aromatic carbocycles. The second-order valence-electron chi connectivity index (χ2n) is 7.28. The van der Waals surface area contributed by atoms with Crippen LogP contribution in [0.15, 0.2) is 72.3 Å². The number of ether oxygens (including phenoxy) is 1. The second kappa shape index (κ2) is 8.82. The van der Waals surface area contributed by atoms with Gasteiger partial charge in [0.1, 0.15) is 29.0 Å². The summed E-state index contributed by atoms with van der Waals surface area (Å²) in [5.74, 6) is -4.74. The topological polar surface area (TPSA) is 66.8 Å². The molecule has 0 bridgehead atoms. The molecule has 1 saturated heterocycles. The molecule has 0 radical (unpaired) electrons. The first-order valence-corrected chi connectivity index (χ1v) is 10.1. The minimum atomic E-state index is -1.28. The average molecular weight is 453 g/mol. The van der Waals surface area contributed by atoms with Gasteiger partial charge in [0.05, 0.1) is 23.9 Å². The van der Waals surface area contributed by atoms with E-state index in [1.165, 1.54) is 24.3 Å². The number of ketones is 1. The van der Waals surface area contributed by atoms with Crippen LogP contribution in [-0.4, -0.2) is 23.4 Å². The summed E-state index contributed by atoms with van der Waals surface area (Å²) in [6, 6.07) is 12.4. The highest BCUT2D eigenvalue weighted by atomic mass is 19.1. The summed E-state index contributed by atoms with van der Waals surface area (Å²) >= 11 is 0. The van der Waals surface area contributed by atoms with Crippen molar-refractivity contribution < 1.29 is 32.6 Å². The Morgan fingerprint density at radius 3 is 2.33 bits per heavy atom. The fourth-order valence-electron chi connectivity index (χ4n) is 3.77. The van der Waals surface area contributed by atoms with E-state index in [0.717, 1.165) is 29.2 Å². The third-order valence-electron chi connectivity index (χ3n) is 5.22. The maximum Gasteiger partial charge on any atom is 0.300 e. The molecule has 3 aromatic rings. The van der Waals surface area contributed by atoms with Crippen LogP contribution in [0.4, 0.5) is 18.9 Å². The minimum Gasteiger partial charge on any atom is -0.507 e. The Kier molecular flexibility index (Phi) is 5.91. The average Bonchev–Trinajstić information content (AvgIpc) is 3.05. The number of carbonyl (C=O) groups excluding carboxylic acids is 2. The first-order chi connectivity index (χ1) is 15.8. The van der Waals surface area contributed by atoms with Crippen LogP contribution in [0.25, 0.3) is 5.76 Å². The number of aliphatic hydroxyl groups excluding tert-OH is 1. The minimum absolute atomic E-state index is 0.200. The monoisotopic (exact) mass is 453 g/mol. The van der Waals surface area contributed by atoms with Gasteiger partial charge in [-0.25, -0.2) is 13.2 Å². The Morgan fingerprint density at radius 1 is 0.970 bits per heavy atom. The van der Waals surface area contributed by atoms with Gasteiger partial charge < -0.3 is 9.84 Å². The Bertz CT molecular complexity index is 1270. The van der Waals surface area contributed by atoms with Crippen LogP contribution in [0.3, 0.4) is 0 Å². The number of hydrogen-bond donors (Lipinski definition) is 1. The molecule has 1 aliphatic heterocycles. The van der Waals surface area contributed by atoms with Crippen molar-refractivity contribution in [3.8, 4) is 5.75 Å². The largest absolute Gasteiger partial charge is 0.507 e. The van der Waals surface area contributed by atoms with Crippen LogP contribution < -0.4 is 9.64 Å². The lowest BCUT2D eigenvalue weighted by atomic mass is 9.95. The first kappa shape index (κ1) is 22.1. The van der Waals surface area contributed by atoms with E-state index < -0.39 is 40.9 Å². The van der Waals surface area contributed by atoms with Crippen molar-refractivity contribution in [3.63, 3.8) is 0 Å². The highest BCUT2D eigenvalue weighted by Gasteiger charge is 2.47. The van der Waals surface area contributed by atoms with E-state index in [2.05, 4.69) is 0 Å². The molecule has 0 saturated carbocycles. The van der Waals surface area contributed by atoms with Gasteiger partial charge in [0.15, 0.2) is 0 Å². The van der Waals surface area contributed by atoms with E-state index in [4.69, 9.17) is 4.74 Å². The van der Waals surface area contributed by atoms with E-state index in [1.54, 1.807) is 19.1 Å². The Balaban J connectivity index is 1.94. The van der Waals surface area contributed by atoms with Crippen molar-refractivity contribution in [2.24, 2.45) is 0 Å². The second-order valence-corrected chi connectivity index (χ2v) is 7.28. The molecule has 1 heterocycles. The fraction of sp³-hybridized carbons (Fsp3) is 0.120. The number of Topliss-reactive ketones (excluding diaryl/α,β-unsaturated/α-hetero) is 1. The van der Waals surface area contributed by atoms with Crippen molar-refractivity contribution in [3.05, 3.63) is 101 Å². The molecule has 1 unspecified atom stereocenters. The summed E-state index contributed by atoms with van der Waals surface area (Å²) in [6.45, 7) is 2.15. The maximum absolute atomic E-state index is 14.6.